The first-order chi connectivity index (χ1) is 12.1. The van der Waals surface area contributed by atoms with Crippen LogP contribution in [0.5, 0.6) is 5.75 Å². The Morgan fingerprint density at radius 1 is 1.16 bits per heavy atom. The Morgan fingerprint density at radius 3 is 2.68 bits per heavy atom. The molecule has 3 aromatic rings. The van der Waals surface area contributed by atoms with Crippen molar-refractivity contribution in [2.75, 3.05) is 12.0 Å². The molecule has 5 heteroatoms. The second-order valence-electron chi connectivity index (χ2n) is 5.64. The summed E-state index contributed by atoms with van der Waals surface area (Å²) in [7, 11) is 1.59. The summed E-state index contributed by atoms with van der Waals surface area (Å²) in [4.78, 5) is 16.0. The minimum Gasteiger partial charge on any atom is -0.497 e. The van der Waals surface area contributed by atoms with Gasteiger partial charge in [-0.1, -0.05) is 29.8 Å². The van der Waals surface area contributed by atoms with E-state index in [0.717, 1.165) is 16.1 Å². The van der Waals surface area contributed by atoms with Gasteiger partial charge < -0.3 is 9.64 Å². The van der Waals surface area contributed by atoms with Crippen LogP contribution in [0.1, 0.15) is 20.8 Å². The van der Waals surface area contributed by atoms with E-state index in [-0.39, 0.29) is 5.91 Å². The van der Waals surface area contributed by atoms with Crippen molar-refractivity contribution in [3.05, 3.63) is 81.0 Å². The molecule has 2 aromatic carbocycles. The van der Waals surface area contributed by atoms with Gasteiger partial charge in [0.15, 0.2) is 0 Å². The lowest BCUT2D eigenvalue weighted by atomic mass is 10.1. The van der Waals surface area contributed by atoms with Gasteiger partial charge in [-0.05, 0) is 54.3 Å². The van der Waals surface area contributed by atoms with Gasteiger partial charge in [-0.2, -0.15) is 0 Å². The molecule has 0 saturated carbocycles. The third-order valence-electron chi connectivity index (χ3n) is 3.92. The Kier molecular flexibility index (Phi) is 5.41. The number of anilines is 1. The van der Waals surface area contributed by atoms with Crippen LogP contribution in [-0.2, 0) is 6.54 Å². The molecule has 1 amide bonds. The van der Waals surface area contributed by atoms with Crippen molar-refractivity contribution in [3.63, 3.8) is 0 Å². The van der Waals surface area contributed by atoms with E-state index in [1.165, 1.54) is 0 Å². The molecule has 0 aliphatic heterocycles. The van der Waals surface area contributed by atoms with Gasteiger partial charge in [-0.25, -0.2) is 0 Å². The molecular weight excluding hydrogens is 354 g/mol. The molecule has 0 radical (unpaired) electrons. The van der Waals surface area contributed by atoms with Gasteiger partial charge in [-0.3, -0.25) is 4.79 Å². The molecule has 1 aromatic heterocycles. The summed E-state index contributed by atoms with van der Waals surface area (Å²) in [5.74, 6) is 0.566. The fourth-order valence-corrected chi connectivity index (χ4v) is 3.37. The number of halogens is 1. The molecule has 0 aliphatic carbocycles. The molecule has 1 heterocycles. The number of thiophene rings is 1. The van der Waals surface area contributed by atoms with E-state index in [2.05, 4.69) is 0 Å². The maximum atomic E-state index is 13.2. The summed E-state index contributed by atoms with van der Waals surface area (Å²) in [5, 5.41) is 2.65. The first kappa shape index (κ1) is 17.5. The number of methoxy groups -OCH3 is 1. The third-order valence-corrected chi connectivity index (χ3v) is 5.19. The van der Waals surface area contributed by atoms with Gasteiger partial charge >= 0.3 is 0 Å². The average molecular weight is 372 g/mol. The highest BCUT2D eigenvalue weighted by Gasteiger charge is 2.20. The van der Waals surface area contributed by atoms with Crippen molar-refractivity contribution in [2.45, 2.75) is 13.5 Å². The van der Waals surface area contributed by atoms with Crippen molar-refractivity contribution < 1.29 is 9.53 Å². The number of benzene rings is 2. The number of aryl methyl sites for hydroxylation is 1. The lowest BCUT2D eigenvalue weighted by Crippen LogP contribution is -2.30. The number of ether oxygens (including phenoxy) is 1. The van der Waals surface area contributed by atoms with Crippen LogP contribution in [0.25, 0.3) is 0 Å². The Balaban J connectivity index is 2.00. The third kappa shape index (κ3) is 4.03. The minimum absolute atomic E-state index is 0.0905. The molecule has 0 spiro atoms. The highest BCUT2D eigenvalue weighted by atomic mass is 35.5. The number of rotatable bonds is 5. The highest BCUT2D eigenvalue weighted by Crippen LogP contribution is 2.27. The Bertz CT molecular complexity index is 877. The zero-order chi connectivity index (χ0) is 17.8. The number of nitrogens with zero attached hydrogens (tertiary/aromatic N) is 1. The van der Waals surface area contributed by atoms with Crippen LogP contribution in [0.2, 0.25) is 5.02 Å². The van der Waals surface area contributed by atoms with Gasteiger partial charge in [0.25, 0.3) is 5.91 Å². The second kappa shape index (κ2) is 7.72. The van der Waals surface area contributed by atoms with Gasteiger partial charge in [-0.15, -0.1) is 11.3 Å². The number of carbonyl (C=O) groups is 1. The van der Waals surface area contributed by atoms with Crippen LogP contribution in [0.15, 0.2) is 60.0 Å². The fraction of sp³-hybridized carbons (Fsp3) is 0.150. The zero-order valence-electron chi connectivity index (χ0n) is 14.0. The van der Waals surface area contributed by atoms with E-state index in [0.29, 0.717) is 22.9 Å². The number of hydrogen-bond donors (Lipinski definition) is 0. The summed E-state index contributed by atoms with van der Waals surface area (Å²) in [6.07, 6.45) is 0. The van der Waals surface area contributed by atoms with Crippen molar-refractivity contribution >= 4 is 34.5 Å². The summed E-state index contributed by atoms with van der Waals surface area (Å²) in [6, 6.07) is 16.9. The van der Waals surface area contributed by atoms with Crippen LogP contribution < -0.4 is 9.64 Å². The molecular formula is C20H18ClNO2S. The number of amides is 1. The Hall–Kier alpha value is -2.30. The Labute approximate surface area is 156 Å². The van der Waals surface area contributed by atoms with E-state index >= 15 is 0 Å². The van der Waals surface area contributed by atoms with Crippen LogP contribution in [0.3, 0.4) is 0 Å². The smallest absolute Gasteiger partial charge is 0.258 e. The monoisotopic (exact) mass is 371 g/mol. The maximum absolute atomic E-state index is 13.2. The normalized spacial score (nSPS) is 10.5. The van der Waals surface area contributed by atoms with Crippen LogP contribution in [0.4, 0.5) is 5.69 Å². The largest absolute Gasteiger partial charge is 0.497 e. The molecule has 3 nitrogen and oxygen atoms in total. The van der Waals surface area contributed by atoms with E-state index < -0.39 is 0 Å². The summed E-state index contributed by atoms with van der Waals surface area (Å²) >= 11 is 7.90. The topological polar surface area (TPSA) is 29.5 Å². The molecule has 0 aliphatic rings. The molecule has 0 N–H and O–H groups in total. The Morgan fingerprint density at radius 2 is 2.00 bits per heavy atom. The van der Waals surface area contributed by atoms with Gasteiger partial charge in [0.1, 0.15) is 5.75 Å². The SMILES string of the molecule is COc1cccc(C(=O)N(Cc2cccs2)c2ccc(C)c(Cl)c2)c1. The van der Waals surface area contributed by atoms with Crippen molar-refractivity contribution in [2.24, 2.45) is 0 Å². The van der Waals surface area contributed by atoms with Gasteiger partial charge in [0.2, 0.25) is 0 Å². The van der Waals surface area contributed by atoms with Crippen molar-refractivity contribution in [1.82, 2.24) is 0 Å². The lowest BCUT2D eigenvalue weighted by Gasteiger charge is -2.23. The molecule has 0 unspecified atom stereocenters. The number of carbonyl (C=O) groups excluding carboxylic acids is 1. The lowest BCUT2D eigenvalue weighted by molar-refractivity contribution is 0.0985. The predicted molar refractivity (Wildman–Crippen MR) is 104 cm³/mol. The maximum Gasteiger partial charge on any atom is 0.258 e. The second-order valence-corrected chi connectivity index (χ2v) is 7.08. The molecule has 3 rings (SSSR count). The van der Waals surface area contributed by atoms with Crippen LogP contribution in [-0.4, -0.2) is 13.0 Å². The average Bonchev–Trinajstić information content (AvgIpc) is 3.15. The summed E-state index contributed by atoms with van der Waals surface area (Å²) in [6.45, 7) is 2.44. The van der Waals surface area contributed by atoms with Crippen molar-refractivity contribution in [3.8, 4) is 5.75 Å². The molecule has 0 saturated heterocycles. The minimum atomic E-state index is -0.0905. The van der Waals surface area contributed by atoms with Gasteiger partial charge in [0.05, 0.1) is 13.7 Å². The fourth-order valence-electron chi connectivity index (χ4n) is 2.50. The molecule has 25 heavy (non-hydrogen) atoms. The molecule has 0 atom stereocenters. The van der Waals surface area contributed by atoms with E-state index in [9.17, 15) is 4.79 Å². The van der Waals surface area contributed by atoms with E-state index in [1.807, 2.05) is 54.8 Å². The zero-order valence-corrected chi connectivity index (χ0v) is 15.6. The number of hydrogen-bond acceptors (Lipinski definition) is 3. The molecule has 0 fully saturated rings. The van der Waals surface area contributed by atoms with E-state index in [1.54, 1.807) is 35.5 Å². The summed E-state index contributed by atoms with van der Waals surface area (Å²) in [5.41, 5.74) is 2.33. The standard InChI is InChI=1S/C20H18ClNO2S/c1-14-8-9-16(12-19(14)21)22(13-18-7-4-10-25-18)20(23)15-5-3-6-17(11-15)24-2/h3-12H,13H2,1-2H3. The van der Waals surface area contributed by atoms with Crippen LogP contribution in [0, 0.1) is 6.92 Å². The first-order valence-electron chi connectivity index (χ1n) is 7.83. The first-order valence-corrected chi connectivity index (χ1v) is 9.08. The molecule has 128 valence electrons. The van der Waals surface area contributed by atoms with Crippen molar-refractivity contribution in [1.29, 1.82) is 0 Å². The molecule has 0 bridgehead atoms. The summed E-state index contributed by atoms with van der Waals surface area (Å²) < 4.78 is 5.24. The quantitative estimate of drug-likeness (QED) is 0.587. The highest BCUT2D eigenvalue weighted by molar-refractivity contribution is 7.09. The van der Waals surface area contributed by atoms with Gasteiger partial charge in [0, 0.05) is 21.2 Å². The van der Waals surface area contributed by atoms with Crippen LogP contribution >= 0.6 is 22.9 Å². The predicted octanol–water partition coefficient (Wildman–Crippen LogP) is 5.57. The van der Waals surface area contributed by atoms with E-state index in [4.69, 9.17) is 16.3 Å².